The Morgan fingerprint density at radius 2 is 1.44 bits per heavy atom. The minimum Gasteiger partial charge on any atom is -0.466 e. The number of rotatable bonds is 16. The van der Waals surface area contributed by atoms with Gasteiger partial charge in [-0.3, -0.25) is 9.59 Å². The van der Waals surface area contributed by atoms with Crippen LogP contribution >= 0.6 is 0 Å². The fourth-order valence-electron chi connectivity index (χ4n) is 2.99. The second-order valence-corrected chi connectivity index (χ2v) is 7.04. The first kappa shape index (κ1) is 23.9. The molecule has 148 valence electrons. The molecule has 0 N–H and O–H groups in total. The van der Waals surface area contributed by atoms with E-state index in [9.17, 15) is 9.59 Å². The Balaban J connectivity index is 3.70. The van der Waals surface area contributed by atoms with E-state index in [1.807, 2.05) is 6.92 Å². The van der Waals surface area contributed by atoms with E-state index in [0.29, 0.717) is 31.8 Å². The van der Waals surface area contributed by atoms with Gasteiger partial charge in [0.1, 0.15) is 6.10 Å². The standard InChI is InChI=1S/C21H40O4/c1-5-8-9-10-11-12-17-24-20(22)15-13-16-21(23)25-19(7-3)18(4)14-6-2/h18-19H,5-17H2,1-4H3. The first-order valence-corrected chi connectivity index (χ1v) is 10.4. The molecule has 2 unspecified atom stereocenters. The van der Waals surface area contributed by atoms with Crippen molar-refractivity contribution < 1.29 is 19.1 Å². The lowest BCUT2D eigenvalue weighted by molar-refractivity contribution is -0.152. The summed E-state index contributed by atoms with van der Waals surface area (Å²) in [6.07, 6.45) is 11.2. The number of hydrogen-bond donors (Lipinski definition) is 0. The van der Waals surface area contributed by atoms with Crippen LogP contribution < -0.4 is 0 Å². The summed E-state index contributed by atoms with van der Waals surface area (Å²) in [7, 11) is 0. The summed E-state index contributed by atoms with van der Waals surface area (Å²) >= 11 is 0. The van der Waals surface area contributed by atoms with Crippen LogP contribution in [0.2, 0.25) is 0 Å². The quantitative estimate of drug-likeness (QED) is 0.258. The number of ether oxygens (including phenoxy) is 2. The summed E-state index contributed by atoms with van der Waals surface area (Å²) in [6, 6.07) is 0. The molecule has 0 saturated carbocycles. The molecule has 0 bridgehead atoms. The van der Waals surface area contributed by atoms with Crippen LogP contribution in [0.4, 0.5) is 0 Å². The van der Waals surface area contributed by atoms with Gasteiger partial charge in [-0.25, -0.2) is 0 Å². The minimum atomic E-state index is -0.201. The van der Waals surface area contributed by atoms with Crippen LogP contribution in [-0.2, 0) is 19.1 Å². The molecular formula is C21H40O4. The van der Waals surface area contributed by atoms with E-state index < -0.39 is 0 Å². The molecule has 0 aromatic rings. The van der Waals surface area contributed by atoms with Crippen molar-refractivity contribution in [3.63, 3.8) is 0 Å². The fraction of sp³-hybridized carbons (Fsp3) is 0.905. The first-order valence-electron chi connectivity index (χ1n) is 10.4. The predicted molar refractivity (Wildman–Crippen MR) is 102 cm³/mol. The highest BCUT2D eigenvalue weighted by Gasteiger charge is 2.19. The van der Waals surface area contributed by atoms with E-state index in [1.165, 1.54) is 25.7 Å². The molecule has 0 aliphatic carbocycles. The molecule has 4 heteroatoms. The highest BCUT2D eigenvalue weighted by atomic mass is 16.5. The maximum absolute atomic E-state index is 11.9. The highest BCUT2D eigenvalue weighted by molar-refractivity contribution is 5.72. The molecule has 0 saturated heterocycles. The monoisotopic (exact) mass is 356 g/mol. The van der Waals surface area contributed by atoms with Crippen molar-refractivity contribution in [1.82, 2.24) is 0 Å². The van der Waals surface area contributed by atoms with Gasteiger partial charge >= 0.3 is 11.9 Å². The summed E-state index contributed by atoms with van der Waals surface area (Å²) in [5.41, 5.74) is 0. The van der Waals surface area contributed by atoms with E-state index >= 15 is 0 Å². The van der Waals surface area contributed by atoms with Crippen molar-refractivity contribution in [3.05, 3.63) is 0 Å². The third-order valence-corrected chi connectivity index (χ3v) is 4.59. The van der Waals surface area contributed by atoms with E-state index in [-0.39, 0.29) is 18.0 Å². The van der Waals surface area contributed by atoms with Gasteiger partial charge in [0.05, 0.1) is 6.61 Å². The second kappa shape index (κ2) is 16.4. The molecule has 0 rings (SSSR count). The Hall–Kier alpha value is -1.06. The molecule has 0 aliphatic rings. The number of carbonyl (C=O) groups excluding carboxylic acids is 2. The summed E-state index contributed by atoms with van der Waals surface area (Å²) in [6.45, 7) is 9.02. The van der Waals surface area contributed by atoms with Gasteiger partial charge in [-0.15, -0.1) is 0 Å². The third-order valence-electron chi connectivity index (χ3n) is 4.59. The second-order valence-electron chi connectivity index (χ2n) is 7.04. The van der Waals surface area contributed by atoms with Crippen molar-refractivity contribution in [2.75, 3.05) is 6.61 Å². The largest absolute Gasteiger partial charge is 0.466 e. The van der Waals surface area contributed by atoms with E-state index in [1.54, 1.807) is 0 Å². The van der Waals surface area contributed by atoms with Crippen molar-refractivity contribution >= 4 is 11.9 Å². The molecule has 0 aromatic heterocycles. The van der Waals surface area contributed by atoms with E-state index in [4.69, 9.17) is 9.47 Å². The van der Waals surface area contributed by atoms with Crippen molar-refractivity contribution in [2.45, 2.75) is 111 Å². The Morgan fingerprint density at radius 3 is 2.08 bits per heavy atom. The minimum absolute atomic E-state index is 0.00731. The van der Waals surface area contributed by atoms with Crippen LogP contribution in [0.5, 0.6) is 0 Å². The lowest BCUT2D eigenvalue weighted by Crippen LogP contribution is -2.24. The van der Waals surface area contributed by atoms with Gasteiger partial charge in [-0.2, -0.15) is 0 Å². The van der Waals surface area contributed by atoms with Crippen LogP contribution in [-0.4, -0.2) is 24.6 Å². The van der Waals surface area contributed by atoms with Gasteiger partial charge in [0.25, 0.3) is 0 Å². The van der Waals surface area contributed by atoms with Crippen molar-refractivity contribution in [3.8, 4) is 0 Å². The Labute approximate surface area is 155 Å². The summed E-state index contributed by atoms with van der Waals surface area (Å²) in [4.78, 5) is 23.6. The molecule has 0 heterocycles. The lowest BCUT2D eigenvalue weighted by Gasteiger charge is -2.22. The van der Waals surface area contributed by atoms with Gasteiger partial charge < -0.3 is 9.47 Å². The number of carbonyl (C=O) groups is 2. The topological polar surface area (TPSA) is 52.6 Å². The van der Waals surface area contributed by atoms with Gasteiger partial charge in [-0.1, -0.05) is 66.2 Å². The third kappa shape index (κ3) is 13.9. The zero-order valence-corrected chi connectivity index (χ0v) is 17.0. The summed E-state index contributed by atoms with van der Waals surface area (Å²) in [5.74, 6) is -0.00693. The molecule has 4 nitrogen and oxygen atoms in total. The molecule has 0 radical (unpaired) electrons. The van der Waals surface area contributed by atoms with Crippen LogP contribution in [0.15, 0.2) is 0 Å². The molecule has 0 fully saturated rings. The van der Waals surface area contributed by atoms with E-state index in [0.717, 1.165) is 32.1 Å². The normalized spacial score (nSPS) is 13.3. The van der Waals surface area contributed by atoms with Crippen LogP contribution in [0.1, 0.15) is 105 Å². The van der Waals surface area contributed by atoms with Crippen molar-refractivity contribution in [1.29, 1.82) is 0 Å². The van der Waals surface area contributed by atoms with Crippen molar-refractivity contribution in [2.24, 2.45) is 5.92 Å². The van der Waals surface area contributed by atoms with E-state index in [2.05, 4.69) is 20.8 Å². The highest BCUT2D eigenvalue weighted by Crippen LogP contribution is 2.18. The molecule has 0 spiro atoms. The smallest absolute Gasteiger partial charge is 0.306 e. The van der Waals surface area contributed by atoms with Crippen LogP contribution in [0.3, 0.4) is 0 Å². The Kier molecular flexibility index (Phi) is 15.7. The maximum atomic E-state index is 11.9. The fourth-order valence-corrected chi connectivity index (χ4v) is 2.99. The SMILES string of the molecule is CCCCCCCCOC(=O)CCCC(=O)OC(CC)C(C)CCC. The zero-order chi connectivity index (χ0) is 18.9. The average Bonchev–Trinajstić information content (AvgIpc) is 2.59. The van der Waals surface area contributed by atoms with Crippen LogP contribution in [0.25, 0.3) is 0 Å². The number of esters is 2. The number of unbranched alkanes of at least 4 members (excludes halogenated alkanes) is 5. The molecule has 2 atom stereocenters. The summed E-state index contributed by atoms with van der Waals surface area (Å²) < 4.78 is 10.8. The molecule has 25 heavy (non-hydrogen) atoms. The van der Waals surface area contributed by atoms with Crippen LogP contribution in [0, 0.1) is 5.92 Å². The molecular weight excluding hydrogens is 316 g/mol. The van der Waals surface area contributed by atoms with Gasteiger partial charge in [0.15, 0.2) is 0 Å². The molecule has 0 amide bonds. The number of hydrogen-bond acceptors (Lipinski definition) is 4. The molecule has 0 aliphatic heterocycles. The summed E-state index contributed by atoms with van der Waals surface area (Å²) in [5, 5.41) is 0. The predicted octanol–water partition coefficient (Wildman–Crippen LogP) is 5.82. The average molecular weight is 357 g/mol. The van der Waals surface area contributed by atoms with Gasteiger partial charge in [-0.05, 0) is 31.6 Å². The van der Waals surface area contributed by atoms with Gasteiger partial charge in [0, 0.05) is 12.8 Å². The molecule has 0 aromatic carbocycles. The zero-order valence-electron chi connectivity index (χ0n) is 17.0. The Morgan fingerprint density at radius 1 is 0.800 bits per heavy atom. The first-order chi connectivity index (χ1) is 12.0. The Bertz CT molecular complexity index is 341. The van der Waals surface area contributed by atoms with Gasteiger partial charge in [0.2, 0.25) is 0 Å². The lowest BCUT2D eigenvalue weighted by atomic mass is 9.97. The maximum Gasteiger partial charge on any atom is 0.306 e.